The summed E-state index contributed by atoms with van der Waals surface area (Å²) in [6.07, 6.45) is 2.50. The Hall–Kier alpha value is -1.55. The van der Waals surface area contributed by atoms with Gasteiger partial charge in [-0.25, -0.2) is 0 Å². The zero-order valence-electron chi connectivity index (χ0n) is 11.7. The zero-order valence-corrected chi connectivity index (χ0v) is 11.7. The second-order valence-electron chi connectivity index (χ2n) is 5.33. The highest BCUT2D eigenvalue weighted by atomic mass is 16.4. The van der Waals surface area contributed by atoms with E-state index >= 15 is 0 Å². The van der Waals surface area contributed by atoms with Gasteiger partial charge in [0.2, 0.25) is 0 Å². The first-order chi connectivity index (χ1) is 9.08. The topological polar surface area (TPSA) is 43.8 Å². The number of likely N-dealkylation sites (tertiary alicyclic amines) is 1. The van der Waals surface area contributed by atoms with Gasteiger partial charge in [-0.3, -0.25) is 9.69 Å². The van der Waals surface area contributed by atoms with E-state index in [-0.39, 0.29) is 6.42 Å². The number of anilines is 1. The lowest BCUT2D eigenvalue weighted by atomic mass is 10.0. The summed E-state index contributed by atoms with van der Waals surface area (Å²) < 4.78 is 0. The Morgan fingerprint density at radius 2 is 2.26 bits per heavy atom. The fourth-order valence-electron chi connectivity index (χ4n) is 2.72. The molecule has 4 heteroatoms. The second kappa shape index (κ2) is 6.06. The highest BCUT2D eigenvalue weighted by Crippen LogP contribution is 2.33. The van der Waals surface area contributed by atoms with Gasteiger partial charge in [0.25, 0.3) is 0 Å². The first kappa shape index (κ1) is 13.9. The van der Waals surface area contributed by atoms with Crippen LogP contribution in [-0.2, 0) is 4.79 Å². The monoisotopic (exact) mass is 262 g/mol. The molecule has 1 atom stereocenters. The molecule has 1 heterocycles. The number of hydrogen-bond donors (Lipinski definition) is 1. The molecule has 104 valence electrons. The van der Waals surface area contributed by atoms with Crippen molar-refractivity contribution in [2.24, 2.45) is 0 Å². The Morgan fingerprint density at radius 1 is 1.47 bits per heavy atom. The highest BCUT2D eigenvalue weighted by Gasteiger charge is 2.26. The van der Waals surface area contributed by atoms with Crippen LogP contribution in [0.15, 0.2) is 24.3 Å². The molecule has 0 saturated carbocycles. The van der Waals surface area contributed by atoms with Gasteiger partial charge in [-0.15, -0.1) is 0 Å². The number of nitrogens with zero attached hydrogens (tertiary/aromatic N) is 2. The molecule has 0 aliphatic carbocycles. The molecule has 0 aromatic heterocycles. The summed E-state index contributed by atoms with van der Waals surface area (Å²) >= 11 is 0. The molecular formula is C15H22N2O2. The molecule has 1 aliphatic rings. The molecule has 1 aromatic carbocycles. The number of benzene rings is 1. The van der Waals surface area contributed by atoms with Crippen molar-refractivity contribution in [3.63, 3.8) is 0 Å². The van der Waals surface area contributed by atoms with Crippen molar-refractivity contribution >= 4 is 11.7 Å². The molecule has 4 nitrogen and oxygen atoms in total. The van der Waals surface area contributed by atoms with E-state index in [1.54, 1.807) is 0 Å². The van der Waals surface area contributed by atoms with Crippen LogP contribution in [-0.4, -0.2) is 43.2 Å². The van der Waals surface area contributed by atoms with Crippen LogP contribution in [0.2, 0.25) is 0 Å². The van der Waals surface area contributed by atoms with Crippen LogP contribution in [0, 0.1) is 0 Å². The minimum absolute atomic E-state index is 0.226. The SMILES string of the molecule is CN(C)c1cccc([C@H]2CCCN2CCC(=O)O)c1. The standard InChI is InChI=1S/C15H22N2O2/c1-16(2)13-6-3-5-12(11-13)14-7-4-9-17(14)10-8-15(18)19/h3,5-6,11,14H,4,7-10H2,1-2H3,(H,18,19)/t14-/m1/s1. The fourth-order valence-corrected chi connectivity index (χ4v) is 2.72. The zero-order chi connectivity index (χ0) is 13.8. The van der Waals surface area contributed by atoms with Crippen molar-refractivity contribution in [3.05, 3.63) is 29.8 Å². The number of carboxylic acids is 1. The maximum Gasteiger partial charge on any atom is 0.304 e. The Kier molecular flexibility index (Phi) is 4.43. The number of carbonyl (C=O) groups is 1. The number of carboxylic acid groups (broad SMARTS) is 1. The van der Waals surface area contributed by atoms with E-state index in [4.69, 9.17) is 5.11 Å². The molecule has 0 spiro atoms. The Morgan fingerprint density at radius 3 is 2.95 bits per heavy atom. The summed E-state index contributed by atoms with van der Waals surface area (Å²) in [7, 11) is 4.08. The Balaban J connectivity index is 2.10. The maximum absolute atomic E-state index is 10.7. The van der Waals surface area contributed by atoms with Crippen LogP contribution in [0.5, 0.6) is 0 Å². The summed E-state index contributed by atoms with van der Waals surface area (Å²) in [5.41, 5.74) is 2.50. The van der Waals surface area contributed by atoms with E-state index in [1.165, 1.54) is 11.3 Å². The van der Waals surface area contributed by atoms with Crippen LogP contribution < -0.4 is 4.90 Å². The molecule has 1 fully saturated rings. The van der Waals surface area contributed by atoms with Gasteiger partial charge in [0.15, 0.2) is 0 Å². The van der Waals surface area contributed by atoms with Gasteiger partial charge >= 0.3 is 5.97 Å². The van der Waals surface area contributed by atoms with Crippen molar-refractivity contribution in [2.45, 2.75) is 25.3 Å². The van der Waals surface area contributed by atoms with E-state index in [1.807, 2.05) is 14.1 Å². The van der Waals surface area contributed by atoms with Gasteiger partial charge in [0.1, 0.15) is 0 Å². The highest BCUT2D eigenvalue weighted by molar-refractivity contribution is 5.66. The number of aliphatic carboxylic acids is 1. The predicted molar refractivity (Wildman–Crippen MR) is 76.6 cm³/mol. The van der Waals surface area contributed by atoms with E-state index < -0.39 is 5.97 Å². The van der Waals surface area contributed by atoms with Gasteiger partial charge in [-0.2, -0.15) is 0 Å². The minimum atomic E-state index is -0.715. The molecule has 19 heavy (non-hydrogen) atoms. The van der Waals surface area contributed by atoms with Crippen LogP contribution in [0.3, 0.4) is 0 Å². The van der Waals surface area contributed by atoms with E-state index in [0.29, 0.717) is 12.6 Å². The second-order valence-corrected chi connectivity index (χ2v) is 5.33. The van der Waals surface area contributed by atoms with Crippen molar-refractivity contribution in [3.8, 4) is 0 Å². The fraction of sp³-hybridized carbons (Fsp3) is 0.533. The van der Waals surface area contributed by atoms with Gasteiger partial charge in [0, 0.05) is 32.4 Å². The third-order valence-corrected chi connectivity index (χ3v) is 3.75. The molecule has 1 aromatic rings. The molecular weight excluding hydrogens is 240 g/mol. The lowest BCUT2D eigenvalue weighted by Gasteiger charge is -2.25. The summed E-state index contributed by atoms with van der Waals surface area (Å²) in [5, 5.41) is 8.81. The molecule has 0 amide bonds. The summed E-state index contributed by atoms with van der Waals surface area (Å²) in [6, 6.07) is 8.91. The average molecular weight is 262 g/mol. The van der Waals surface area contributed by atoms with Crippen molar-refractivity contribution in [1.29, 1.82) is 0 Å². The Labute approximate surface area is 114 Å². The molecule has 0 unspecified atom stereocenters. The third-order valence-electron chi connectivity index (χ3n) is 3.75. The number of hydrogen-bond acceptors (Lipinski definition) is 3. The molecule has 1 aliphatic heterocycles. The lowest BCUT2D eigenvalue weighted by Crippen LogP contribution is -2.26. The summed E-state index contributed by atoms with van der Waals surface area (Å²) in [5.74, 6) is -0.715. The quantitative estimate of drug-likeness (QED) is 0.884. The van der Waals surface area contributed by atoms with Gasteiger partial charge in [-0.05, 0) is 37.1 Å². The van der Waals surface area contributed by atoms with Gasteiger partial charge in [0.05, 0.1) is 6.42 Å². The maximum atomic E-state index is 10.7. The van der Waals surface area contributed by atoms with Crippen molar-refractivity contribution in [1.82, 2.24) is 4.90 Å². The molecule has 1 N–H and O–H groups in total. The Bertz CT molecular complexity index is 446. The summed E-state index contributed by atoms with van der Waals surface area (Å²) in [6.45, 7) is 1.65. The first-order valence-electron chi connectivity index (χ1n) is 6.81. The summed E-state index contributed by atoms with van der Waals surface area (Å²) in [4.78, 5) is 15.1. The molecule has 0 radical (unpaired) electrons. The van der Waals surface area contributed by atoms with Crippen LogP contribution >= 0.6 is 0 Å². The average Bonchev–Trinajstić information content (AvgIpc) is 2.84. The predicted octanol–water partition coefficient (Wildman–Crippen LogP) is 2.36. The van der Waals surface area contributed by atoms with Crippen molar-refractivity contribution < 1.29 is 9.90 Å². The molecule has 0 bridgehead atoms. The van der Waals surface area contributed by atoms with Crippen molar-refractivity contribution in [2.75, 3.05) is 32.1 Å². The van der Waals surface area contributed by atoms with E-state index in [9.17, 15) is 4.79 Å². The minimum Gasteiger partial charge on any atom is -0.481 e. The smallest absolute Gasteiger partial charge is 0.304 e. The largest absolute Gasteiger partial charge is 0.481 e. The van der Waals surface area contributed by atoms with E-state index in [0.717, 1.165) is 19.4 Å². The number of rotatable bonds is 5. The first-order valence-corrected chi connectivity index (χ1v) is 6.81. The normalized spacial score (nSPS) is 19.6. The van der Waals surface area contributed by atoms with Gasteiger partial charge in [-0.1, -0.05) is 12.1 Å². The lowest BCUT2D eigenvalue weighted by molar-refractivity contribution is -0.137. The van der Waals surface area contributed by atoms with Crippen LogP contribution in [0.1, 0.15) is 30.9 Å². The van der Waals surface area contributed by atoms with Crippen LogP contribution in [0.25, 0.3) is 0 Å². The third kappa shape index (κ3) is 3.47. The molecule has 1 saturated heterocycles. The van der Waals surface area contributed by atoms with E-state index in [2.05, 4.69) is 34.1 Å². The van der Waals surface area contributed by atoms with Crippen LogP contribution in [0.4, 0.5) is 5.69 Å². The molecule has 2 rings (SSSR count). The van der Waals surface area contributed by atoms with Gasteiger partial charge < -0.3 is 10.0 Å².